The van der Waals surface area contributed by atoms with Gasteiger partial charge in [-0.3, -0.25) is 4.90 Å². The minimum absolute atomic E-state index is 0.844. The summed E-state index contributed by atoms with van der Waals surface area (Å²) in [5.74, 6) is 0.960. The van der Waals surface area contributed by atoms with E-state index in [1.165, 1.54) is 57.9 Å². The van der Waals surface area contributed by atoms with Crippen LogP contribution in [0.5, 0.6) is 0 Å². The van der Waals surface area contributed by atoms with E-state index in [0.717, 1.165) is 18.0 Å². The van der Waals surface area contributed by atoms with Crippen LogP contribution in [-0.2, 0) is 0 Å². The van der Waals surface area contributed by atoms with Gasteiger partial charge in [-0.15, -0.1) is 0 Å². The fourth-order valence-corrected chi connectivity index (χ4v) is 3.56. The number of likely N-dealkylation sites (tertiary alicyclic amines) is 1. The Bertz CT molecular complexity index is 182. The van der Waals surface area contributed by atoms with Crippen LogP contribution in [0.3, 0.4) is 0 Å². The van der Waals surface area contributed by atoms with E-state index in [4.69, 9.17) is 0 Å². The first-order chi connectivity index (χ1) is 7.27. The molecule has 0 spiro atoms. The van der Waals surface area contributed by atoms with E-state index in [2.05, 4.69) is 18.7 Å². The molecule has 2 aliphatic rings. The highest BCUT2D eigenvalue weighted by atomic mass is 15.2. The number of hydrogen-bond donors (Lipinski definition) is 0. The molecule has 2 fully saturated rings. The summed E-state index contributed by atoms with van der Waals surface area (Å²) in [5, 5.41) is 0. The first-order valence-corrected chi connectivity index (χ1v) is 7.03. The molecule has 0 aromatic carbocycles. The Kier molecular flexibility index (Phi) is 4.07. The highest BCUT2D eigenvalue weighted by Gasteiger charge is 2.28. The molecule has 1 saturated carbocycles. The van der Waals surface area contributed by atoms with Crippen molar-refractivity contribution in [2.24, 2.45) is 5.92 Å². The fraction of sp³-hybridized carbons (Fsp3) is 1.00. The van der Waals surface area contributed by atoms with Gasteiger partial charge >= 0.3 is 0 Å². The van der Waals surface area contributed by atoms with Gasteiger partial charge in [-0.25, -0.2) is 0 Å². The molecule has 2 atom stereocenters. The van der Waals surface area contributed by atoms with Gasteiger partial charge in [0.1, 0.15) is 0 Å². The fourth-order valence-electron chi connectivity index (χ4n) is 3.56. The number of nitrogens with zero attached hydrogens (tertiary/aromatic N) is 1. The largest absolute Gasteiger partial charge is 0.298 e. The highest BCUT2D eigenvalue weighted by Crippen LogP contribution is 2.29. The molecule has 2 rings (SSSR count). The summed E-state index contributed by atoms with van der Waals surface area (Å²) in [4.78, 5) is 2.82. The molecule has 0 radical (unpaired) electrons. The van der Waals surface area contributed by atoms with Crippen LogP contribution in [0.25, 0.3) is 0 Å². The van der Waals surface area contributed by atoms with Crippen molar-refractivity contribution in [2.75, 3.05) is 6.54 Å². The molecule has 0 aromatic rings. The van der Waals surface area contributed by atoms with E-state index in [9.17, 15) is 0 Å². The lowest BCUT2D eigenvalue weighted by atomic mass is 9.91. The molecular formula is C14H27N. The monoisotopic (exact) mass is 209 g/mol. The van der Waals surface area contributed by atoms with Gasteiger partial charge in [0.25, 0.3) is 0 Å². The van der Waals surface area contributed by atoms with Crippen molar-refractivity contribution in [3.05, 3.63) is 0 Å². The predicted octanol–water partition coefficient (Wildman–Crippen LogP) is 3.83. The van der Waals surface area contributed by atoms with E-state index in [0.29, 0.717) is 0 Å². The van der Waals surface area contributed by atoms with Gasteiger partial charge in [0.05, 0.1) is 0 Å². The van der Waals surface area contributed by atoms with Crippen LogP contribution in [-0.4, -0.2) is 23.5 Å². The minimum Gasteiger partial charge on any atom is -0.298 e. The zero-order valence-corrected chi connectivity index (χ0v) is 10.5. The molecule has 1 aliphatic carbocycles. The van der Waals surface area contributed by atoms with Crippen LogP contribution in [0.1, 0.15) is 65.2 Å². The molecule has 1 nitrogen and oxygen atoms in total. The molecule has 0 N–H and O–H groups in total. The van der Waals surface area contributed by atoms with Gasteiger partial charge in [-0.2, -0.15) is 0 Å². The lowest BCUT2D eigenvalue weighted by molar-refractivity contribution is 0.0738. The van der Waals surface area contributed by atoms with Crippen molar-refractivity contribution >= 4 is 0 Å². The highest BCUT2D eigenvalue weighted by molar-refractivity contribution is 4.83. The molecule has 0 aromatic heterocycles. The second-order valence-corrected chi connectivity index (χ2v) is 5.86. The lowest BCUT2D eigenvalue weighted by Crippen LogP contribution is -2.46. The van der Waals surface area contributed by atoms with Gasteiger partial charge in [-0.1, -0.05) is 32.6 Å². The third kappa shape index (κ3) is 2.96. The Labute approximate surface area is 95.2 Å². The third-order valence-corrected chi connectivity index (χ3v) is 4.48. The third-order valence-electron chi connectivity index (χ3n) is 4.48. The molecule has 0 bridgehead atoms. The Morgan fingerprint density at radius 3 is 2.13 bits per heavy atom. The molecule has 1 heteroatoms. The molecule has 15 heavy (non-hydrogen) atoms. The zero-order valence-electron chi connectivity index (χ0n) is 10.5. The second kappa shape index (κ2) is 5.34. The number of rotatable bonds is 1. The van der Waals surface area contributed by atoms with Crippen LogP contribution >= 0.6 is 0 Å². The molecule has 2 unspecified atom stereocenters. The quantitative estimate of drug-likeness (QED) is 0.593. The maximum Gasteiger partial charge on any atom is 0.00980 e. The normalized spacial score (nSPS) is 36.4. The molecule has 1 heterocycles. The lowest BCUT2D eigenvalue weighted by Gasteiger charge is -2.41. The van der Waals surface area contributed by atoms with E-state index >= 15 is 0 Å². The van der Waals surface area contributed by atoms with Crippen molar-refractivity contribution in [1.82, 2.24) is 4.90 Å². The first-order valence-electron chi connectivity index (χ1n) is 7.03. The van der Waals surface area contributed by atoms with Gasteiger partial charge in [0.2, 0.25) is 0 Å². The smallest absolute Gasteiger partial charge is 0.00980 e. The summed E-state index contributed by atoms with van der Waals surface area (Å²) in [7, 11) is 0. The van der Waals surface area contributed by atoms with Crippen molar-refractivity contribution in [2.45, 2.75) is 77.3 Å². The summed E-state index contributed by atoms with van der Waals surface area (Å²) in [5.41, 5.74) is 0. The Morgan fingerprint density at radius 2 is 1.53 bits per heavy atom. The number of piperidine rings is 1. The molecule has 88 valence electrons. The van der Waals surface area contributed by atoms with Crippen molar-refractivity contribution in [1.29, 1.82) is 0 Å². The van der Waals surface area contributed by atoms with Crippen LogP contribution in [0, 0.1) is 5.92 Å². The van der Waals surface area contributed by atoms with E-state index in [-0.39, 0.29) is 0 Å². The standard InChI is InChI=1S/C14H27N/c1-12-9-10-15(13(2)11-12)14-7-5-3-4-6-8-14/h12-14H,3-11H2,1-2H3. The van der Waals surface area contributed by atoms with Crippen LogP contribution < -0.4 is 0 Å². The van der Waals surface area contributed by atoms with E-state index < -0.39 is 0 Å². The topological polar surface area (TPSA) is 3.24 Å². The van der Waals surface area contributed by atoms with Gasteiger partial charge < -0.3 is 0 Å². The number of hydrogen-bond acceptors (Lipinski definition) is 1. The molecule has 0 amide bonds. The zero-order chi connectivity index (χ0) is 10.7. The molecular weight excluding hydrogens is 182 g/mol. The average molecular weight is 209 g/mol. The minimum atomic E-state index is 0.844. The Hall–Kier alpha value is -0.0400. The average Bonchev–Trinajstić information content (AvgIpc) is 2.46. The van der Waals surface area contributed by atoms with Gasteiger partial charge in [0, 0.05) is 12.1 Å². The van der Waals surface area contributed by atoms with E-state index in [1.54, 1.807) is 0 Å². The first kappa shape index (κ1) is 11.4. The summed E-state index contributed by atoms with van der Waals surface area (Å²) < 4.78 is 0. The molecule has 1 aliphatic heterocycles. The molecule has 1 saturated heterocycles. The summed E-state index contributed by atoms with van der Waals surface area (Å²) in [6.45, 7) is 6.23. The summed E-state index contributed by atoms with van der Waals surface area (Å²) >= 11 is 0. The van der Waals surface area contributed by atoms with Crippen molar-refractivity contribution in [3.63, 3.8) is 0 Å². The van der Waals surface area contributed by atoms with Gasteiger partial charge in [0.15, 0.2) is 0 Å². The van der Waals surface area contributed by atoms with Crippen LogP contribution in [0.15, 0.2) is 0 Å². The maximum absolute atomic E-state index is 2.82. The summed E-state index contributed by atoms with van der Waals surface area (Å²) in [6.07, 6.45) is 11.7. The van der Waals surface area contributed by atoms with Crippen LogP contribution in [0.4, 0.5) is 0 Å². The predicted molar refractivity (Wildman–Crippen MR) is 66.1 cm³/mol. The van der Waals surface area contributed by atoms with Crippen molar-refractivity contribution in [3.8, 4) is 0 Å². The van der Waals surface area contributed by atoms with Crippen molar-refractivity contribution < 1.29 is 0 Å². The Balaban J connectivity index is 1.90. The van der Waals surface area contributed by atoms with Crippen LogP contribution in [0.2, 0.25) is 0 Å². The summed E-state index contributed by atoms with van der Waals surface area (Å²) in [6, 6.07) is 1.77. The van der Waals surface area contributed by atoms with Gasteiger partial charge in [-0.05, 0) is 45.1 Å². The maximum atomic E-state index is 2.82. The SMILES string of the molecule is CC1CCN(C2CCCCCC2)C(C)C1. The Morgan fingerprint density at radius 1 is 0.867 bits per heavy atom. The van der Waals surface area contributed by atoms with E-state index in [1.807, 2.05) is 0 Å². The second-order valence-electron chi connectivity index (χ2n) is 5.86.